The summed E-state index contributed by atoms with van der Waals surface area (Å²) in [6.45, 7) is 3.86. The molecular weight excluding hydrogens is 512 g/mol. The van der Waals surface area contributed by atoms with Crippen molar-refractivity contribution in [3.63, 3.8) is 0 Å². The number of piperidine rings is 1. The standard InChI is InChI=1S/C29H32N6O3S/c1-19-16-25(35-39(36,37)22-7-4-8-22)23-9-2-3-10-24(23)28(19)38-29-27(32-14-15-33-29)20-11-13-31-26(17-20)34-21-6-5-12-30-18-21/h2-3,9-11,13-17,21-22,30,35H,4-8,12,18H2,1H3,(H,31,34). The van der Waals surface area contributed by atoms with E-state index in [9.17, 15) is 8.42 Å². The SMILES string of the molecule is Cc1cc(NS(=O)(=O)C2CCC2)c2ccccc2c1Oc1nccnc1-c1ccnc(NC2CCCNC2)c1. The number of nitrogens with zero attached hydrogens (tertiary/aromatic N) is 3. The smallest absolute Gasteiger partial charge is 0.246 e. The van der Waals surface area contributed by atoms with Crippen LogP contribution in [0.3, 0.4) is 0 Å². The van der Waals surface area contributed by atoms with Crippen LogP contribution in [0.2, 0.25) is 0 Å². The number of ether oxygens (including phenoxy) is 1. The Hall–Kier alpha value is -3.76. The molecule has 0 bridgehead atoms. The quantitative estimate of drug-likeness (QED) is 0.275. The molecule has 3 heterocycles. The molecule has 2 fully saturated rings. The first-order chi connectivity index (χ1) is 19.0. The van der Waals surface area contributed by atoms with Crippen molar-refractivity contribution in [2.45, 2.75) is 50.3 Å². The molecular formula is C29H32N6O3S. The first-order valence-corrected chi connectivity index (χ1v) is 15.0. The van der Waals surface area contributed by atoms with E-state index in [0.717, 1.165) is 60.1 Å². The van der Waals surface area contributed by atoms with Gasteiger partial charge in [-0.25, -0.2) is 23.4 Å². The summed E-state index contributed by atoms with van der Waals surface area (Å²) in [5.41, 5.74) is 2.79. The molecule has 0 radical (unpaired) electrons. The molecule has 2 aromatic carbocycles. The van der Waals surface area contributed by atoms with Crippen LogP contribution in [-0.2, 0) is 10.0 Å². The number of hydrogen-bond donors (Lipinski definition) is 3. The van der Waals surface area contributed by atoms with E-state index < -0.39 is 10.0 Å². The van der Waals surface area contributed by atoms with Gasteiger partial charge in [0, 0.05) is 47.5 Å². The Bertz CT molecular complexity index is 1600. The Balaban J connectivity index is 1.33. The lowest BCUT2D eigenvalue weighted by Crippen LogP contribution is -2.38. The summed E-state index contributed by atoms with van der Waals surface area (Å²) in [4.78, 5) is 13.6. The van der Waals surface area contributed by atoms with Crippen LogP contribution in [-0.4, -0.2) is 47.8 Å². The van der Waals surface area contributed by atoms with Crippen molar-refractivity contribution < 1.29 is 13.2 Å². The second kappa shape index (κ2) is 10.8. The van der Waals surface area contributed by atoms with E-state index in [1.807, 2.05) is 49.4 Å². The fourth-order valence-corrected chi connectivity index (χ4v) is 6.76. The third kappa shape index (κ3) is 5.39. The molecule has 0 amide bonds. The van der Waals surface area contributed by atoms with Gasteiger partial charge in [0.05, 0.1) is 10.9 Å². The highest BCUT2D eigenvalue weighted by Crippen LogP contribution is 2.40. The summed E-state index contributed by atoms with van der Waals surface area (Å²) < 4.78 is 35.1. The summed E-state index contributed by atoms with van der Waals surface area (Å²) in [5.74, 6) is 1.76. The molecule has 9 nitrogen and oxygen atoms in total. The monoisotopic (exact) mass is 544 g/mol. The van der Waals surface area contributed by atoms with Crippen LogP contribution >= 0.6 is 0 Å². The summed E-state index contributed by atoms with van der Waals surface area (Å²) in [6, 6.07) is 13.7. The molecule has 202 valence electrons. The van der Waals surface area contributed by atoms with E-state index >= 15 is 0 Å². The maximum absolute atomic E-state index is 12.9. The first-order valence-electron chi connectivity index (χ1n) is 13.4. The molecule has 2 aliphatic rings. The molecule has 4 aromatic rings. The van der Waals surface area contributed by atoms with Crippen LogP contribution in [0.15, 0.2) is 61.1 Å². The van der Waals surface area contributed by atoms with Crippen LogP contribution in [0.5, 0.6) is 11.6 Å². The maximum atomic E-state index is 12.9. The van der Waals surface area contributed by atoms with Crippen LogP contribution in [0.4, 0.5) is 11.5 Å². The number of aryl methyl sites for hydroxylation is 1. The Labute approximate surface area is 228 Å². The zero-order valence-electron chi connectivity index (χ0n) is 21.9. The molecule has 1 atom stereocenters. The van der Waals surface area contributed by atoms with Gasteiger partial charge in [0.15, 0.2) is 0 Å². The van der Waals surface area contributed by atoms with Gasteiger partial charge in [-0.2, -0.15) is 0 Å². The number of nitrogens with one attached hydrogen (secondary N) is 3. The predicted molar refractivity (Wildman–Crippen MR) is 154 cm³/mol. The molecule has 1 aliphatic carbocycles. The predicted octanol–water partition coefficient (Wildman–Crippen LogP) is 5.25. The van der Waals surface area contributed by atoms with Crippen LogP contribution in [0.1, 0.15) is 37.7 Å². The van der Waals surface area contributed by atoms with Crippen molar-refractivity contribution in [2.24, 2.45) is 0 Å². The number of benzene rings is 2. The molecule has 2 aromatic heterocycles. The number of rotatable bonds is 8. The van der Waals surface area contributed by atoms with E-state index in [-0.39, 0.29) is 5.25 Å². The molecule has 39 heavy (non-hydrogen) atoms. The Morgan fingerprint density at radius 2 is 1.77 bits per heavy atom. The molecule has 1 unspecified atom stereocenters. The highest BCUT2D eigenvalue weighted by Gasteiger charge is 2.31. The van der Waals surface area contributed by atoms with Crippen molar-refractivity contribution in [1.29, 1.82) is 0 Å². The van der Waals surface area contributed by atoms with E-state index in [4.69, 9.17) is 4.74 Å². The van der Waals surface area contributed by atoms with E-state index in [1.54, 1.807) is 18.6 Å². The highest BCUT2D eigenvalue weighted by molar-refractivity contribution is 7.93. The first kappa shape index (κ1) is 25.5. The van der Waals surface area contributed by atoms with Crippen molar-refractivity contribution in [3.8, 4) is 22.9 Å². The number of sulfonamides is 1. The average Bonchev–Trinajstić information content (AvgIpc) is 2.90. The van der Waals surface area contributed by atoms with Crippen LogP contribution < -0.4 is 20.1 Å². The number of fused-ring (bicyclic) bond motifs is 1. The Morgan fingerprint density at radius 3 is 2.54 bits per heavy atom. The third-order valence-corrected chi connectivity index (χ3v) is 9.32. The second-order valence-corrected chi connectivity index (χ2v) is 12.2. The fourth-order valence-electron chi connectivity index (χ4n) is 5.16. The van der Waals surface area contributed by atoms with Crippen molar-refractivity contribution >= 4 is 32.3 Å². The topological polar surface area (TPSA) is 118 Å². The van der Waals surface area contributed by atoms with Gasteiger partial charge in [-0.05, 0) is 62.9 Å². The second-order valence-electron chi connectivity index (χ2n) is 10.2. The average molecular weight is 545 g/mol. The highest BCUT2D eigenvalue weighted by atomic mass is 32.2. The third-order valence-electron chi connectivity index (χ3n) is 7.47. The minimum Gasteiger partial charge on any atom is -0.436 e. The van der Waals surface area contributed by atoms with Gasteiger partial charge in [0.25, 0.3) is 0 Å². The molecule has 1 saturated carbocycles. The maximum Gasteiger partial charge on any atom is 0.246 e. The molecule has 3 N–H and O–H groups in total. The lowest BCUT2D eigenvalue weighted by molar-refractivity contribution is 0.464. The molecule has 1 aliphatic heterocycles. The Morgan fingerprint density at radius 1 is 0.949 bits per heavy atom. The number of pyridine rings is 1. The van der Waals surface area contributed by atoms with Gasteiger partial charge in [0.2, 0.25) is 15.9 Å². The van der Waals surface area contributed by atoms with Crippen molar-refractivity contribution in [2.75, 3.05) is 23.1 Å². The van der Waals surface area contributed by atoms with Crippen LogP contribution in [0.25, 0.3) is 22.0 Å². The molecule has 0 spiro atoms. The van der Waals surface area contributed by atoms with Gasteiger partial charge in [-0.15, -0.1) is 0 Å². The molecule has 1 saturated heterocycles. The van der Waals surface area contributed by atoms with E-state index in [0.29, 0.717) is 41.9 Å². The fraction of sp³-hybridized carbons (Fsp3) is 0.345. The number of hydrogen-bond acceptors (Lipinski definition) is 8. The number of aromatic nitrogens is 3. The minimum absolute atomic E-state index is 0.327. The van der Waals surface area contributed by atoms with Crippen LogP contribution in [0, 0.1) is 6.92 Å². The van der Waals surface area contributed by atoms with Gasteiger partial charge >= 0.3 is 0 Å². The van der Waals surface area contributed by atoms with Gasteiger partial charge in [-0.1, -0.05) is 30.7 Å². The lowest BCUT2D eigenvalue weighted by Gasteiger charge is -2.26. The zero-order chi connectivity index (χ0) is 26.8. The lowest BCUT2D eigenvalue weighted by atomic mass is 10.0. The van der Waals surface area contributed by atoms with E-state index in [2.05, 4.69) is 30.3 Å². The summed E-state index contributed by atoms with van der Waals surface area (Å²) in [5, 5.41) is 8.16. The van der Waals surface area contributed by atoms with Gasteiger partial charge < -0.3 is 15.4 Å². The zero-order valence-corrected chi connectivity index (χ0v) is 22.7. The Kier molecular flexibility index (Phi) is 7.05. The van der Waals surface area contributed by atoms with E-state index in [1.165, 1.54) is 0 Å². The summed E-state index contributed by atoms with van der Waals surface area (Å²) >= 11 is 0. The van der Waals surface area contributed by atoms with Crippen molar-refractivity contribution in [3.05, 3.63) is 66.6 Å². The number of anilines is 2. The van der Waals surface area contributed by atoms with Gasteiger partial charge in [0.1, 0.15) is 17.3 Å². The molecule has 10 heteroatoms. The summed E-state index contributed by atoms with van der Waals surface area (Å²) in [6.07, 6.45) is 9.58. The molecule has 6 rings (SSSR count). The van der Waals surface area contributed by atoms with Crippen molar-refractivity contribution in [1.82, 2.24) is 20.3 Å². The largest absolute Gasteiger partial charge is 0.436 e. The minimum atomic E-state index is -3.44. The normalized spacial score (nSPS) is 17.9. The van der Waals surface area contributed by atoms with Gasteiger partial charge in [-0.3, -0.25) is 4.72 Å². The summed E-state index contributed by atoms with van der Waals surface area (Å²) in [7, 11) is -3.44.